The topological polar surface area (TPSA) is 93.3 Å². The van der Waals surface area contributed by atoms with Gasteiger partial charge in [0.1, 0.15) is 5.75 Å². The van der Waals surface area contributed by atoms with E-state index in [1.54, 1.807) is 0 Å². The molecule has 2 aromatic rings. The highest BCUT2D eigenvalue weighted by atomic mass is 32.2. The van der Waals surface area contributed by atoms with E-state index in [4.69, 9.17) is 9.63 Å². The molecule has 0 saturated heterocycles. The first-order chi connectivity index (χ1) is 9.50. The van der Waals surface area contributed by atoms with Gasteiger partial charge in [0, 0.05) is 0 Å². The van der Waals surface area contributed by atoms with E-state index in [1.165, 1.54) is 0 Å². The third-order valence-corrected chi connectivity index (χ3v) is 4.37. The highest BCUT2D eigenvalue weighted by Gasteiger charge is 2.16. The zero-order chi connectivity index (χ0) is 14.6. The fourth-order valence-corrected chi connectivity index (χ4v) is 2.73. The summed E-state index contributed by atoms with van der Waals surface area (Å²) in [6.45, 7) is 1.58. The van der Waals surface area contributed by atoms with Crippen molar-refractivity contribution in [1.82, 2.24) is 10.1 Å². The largest absolute Gasteiger partial charge is 0.395 e. The normalized spacial score (nSPS) is 11.7. The number of aliphatic hydroxyl groups excluding tert-OH is 1. The molecular formula is C13H16N2O4S. The minimum absolute atomic E-state index is 0.127. The van der Waals surface area contributed by atoms with Gasteiger partial charge >= 0.3 is 0 Å². The average molecular weight is 296 g/mol. The molecule has 0 spiro atoms. The molecule has 1 heterocycles. The standard InChI is InChI=1S/C13H16N2O4S/c1-10-4-2-3-5-11(10)8-13-14-12(15-19-13)9-20(17,18)7-6-16/h2-5,16H,6-9H2,1H3. The van der Waals surface area contributed by atoms with Crippen LogP contribution in [0.2, 0.25) is 0 Å². The average Bonchev–Trinajstić information content (AvgIpc) is 2.78. The van der Waals surface area contributed by atoms with E-state index in [0.29, 0.717) is 12.3 Å². The molecular weight excluding hydrogens is 280 g/mol. The quantitative estimate of drug-likeness (QED) is 0.850. The lowest BCUT2D eigenvalue weighted by Gasteiger charge is -2.00. The van der Waals surface area contributed by atoms with Crippen LogP contribution < -0.4 is 0 Å². The summed E-state index contributed by atoms with van der Waals surface area (Å²) in [5.74, 6) is -0.102. The van der Waals surface area contributed by atoms with Gasteiger partial charge in [0.15, 0.2) is 15.7 Å². The number of benzene rings is 1. The van der Waals surface area contributed by atoms with Gasteiger partial charge < -0.3 is 9.63 Å². The van der Waals surface area contributed by atoms with Crippen LogP contribution in [0.15, 0.2) is 28.8 Å². The van der Waals surface area contributed by atoms with E-state index >= 15 is 0 Å². The maximum atomic E-state index is 11.5. The molecule has 0 fully saturated rings. The van der Waals surface area contributed by atoms with E-state index in [9.17, 15) is 8.42 Å². The second kappa shape index (κ2) is 6.15. The monoisotopic (exact) mass is 296 g/mol. The van der Waals surface area contributed by atoms with E-state index in [2.05, 4.69) is 10.1 Å². The minimum atomic E-state index is -3.39. The van der Waals surface area contributed by atoms with Crippen molar-refractivity contribution in [3.05, 3.63) is 47.1 Å². The zero-order valence-corrected chi connectivity index (χ0v) is 11.9. The van der Waals surface area contributed by atoms with E-state index in [-0.39, 0.29) is 17.3 Å². The van der Waals surface area contributed by atoms with Crippen LogP contribution in [-0.4, -0.2) is 36.0 Å². The molecule has 108 valence electrons. The fraction of sp³-hybridized carbons (Fsp3) is 0.385. The lowest BCUT2D eigenvalue weighted by atomic mass is 10.1. The van der Waals surface area contributed by atoms with Gasteiger partial charge in [-0.05, 0) is 18.1 Å². The number of hydrogen-bond acceptors (Lipinski definition) is 6. The molecule has 0 saturated carbocycles. The SMILES string of the molecule is Cc1ccccc1Cc1nc(CS(=O)(=O)CCO)no1. The highest BCUT2D eigenvalue weighted by molar-refractivity contribution is 7.90. The molecule has 0 unspecified atom stereocenters. The number of nitrogens with zero attached hydrogens (tertiary/aromatic N) is 2. The minimum Gasteiger partial charge on any atom is -0.395 e. The summed E-state index contributed by atoms with van der Waals surface area (Å²) in [7, 11) is -3.39. The second-order valence-corrected chi connectivity index (χ2v) is 6.71. The second-order valence-electron chi connectivity index (χ2n) is 4.52. The van der Waals surface area contributed by atoms with Gasteiger partial charge in [-0.15, -0.1) is 0 Å². The van der Waals surface area contributed by atoms with E-state index < -0.39 is 16.4 Å². The Kier molecular flexibility index (Phi) is 4.51. The first kappa shape index (κ1) is 14.7. The Balaban J connectivity index is 2.08. The Hall–Kier alpha value is -1.73. The maximum absolute atomic E-state index is 11.5. The van der Waals surface area contributed by atoms with Crippen LogP contribution >= 0.6 is 0 Å². The third-order valence-electron chi connectivity index (χ3n) is 2.86. The number of aromatic nitrogens is 2. The van der Waals surface area contributed by atoms with Crippen LogP contribution in [0.25, 0.3) is 0 Å². The summed E-state index contributed by atoms with van der Waals surface area (Å²) >= 11 is 0. The zero-order valence-electron chi connectivity index (χ0n) is 11.1. The molecule has 0 bridgehead atoms. The molecule has 0 amide bonds. The fourth-order valence-electron chi connectivity index (χ4n) is 1.80. The molecule has 0 aliphatic carbocycles. The van der Waals surface area contributed by atoms with Crippen LogP contribution in [0.5, 0.6) is 0 Å². The van der Waals surface area contributed by atoms with Crippen LogP contribution in [-0.2, 0) is 22.0 Å². The van der Waals surface area contributed by atoms with Crippen LogP contribution in [0, 0.1) is 6.92 Å². The lowest BCUT2D eigenvalue weighted by Crippen LogP contribution is -2.13. The van der Waals surface area contributed by atoms with Crippen molar-refractivity contribution < 1.29 is 18.0 Å². The number of rotatable bonds is 6. The Morgan fingerprint density at radius 1 is 1.30 bits per heavy atom. The van der Waals surface area contributed by atoms with Gasteiger partial charge in [0.25, 0.3) is 0 Å². The number of hydrogen-bond donors (Lipinski definition) is 1. The predicted molar refractivity (Wildman–Crippen MR) is 72.9 cm³/mol. The summed E-state index contributed by atoms with van der Waals surface area (Å²) < 4.78 is 28.1. The predicted octanol–water partition coefficient (Wildman–Crippen LogP) is 0.876. The third kappa shape index (κ3) is 3.88. The van der Waals surface area contributed by atoms with E-state index in [1.807, 2.05) is 31.2 Å². The molecule has 20 heavy (non-hydrogen) atoms. The number of aliphatic hydroxyl groups is 1. The summed E-state index contributed by atoms with van der Waals surface area (Å²) in [5, 5.41) is 12.3. The van der Waals surface area contributed by atoms with Crippen molar-refractivity contribution in [2.75, 3.05) is 12.4 Å². The van der Waals surface area contributed by atoms with Gasteiger partial charge in [0.05, 0.1) is 18.8 Å². The Bertz CT molecular complexity index is 679. The molecule has 0 aliphatic rings. The molecule has 1 N–H and O–H groups in total. The van der Waals surface area contributed by atoms with Crippen molar-refractivity contribution in [1.29, 1.82) is 0 Å². The summed E-state index contributed by atoms with van der Waals surface area (Å²) in [5.41, 5.74) is 2.17. The van der Waals surface area contributed by atoms with Gasteiger partial charge in [-0.1, -0.05) is 29.4 Å². The summed E-state index contributed by atoms with van der Waals surface area (Å²) in [6, 6.07) is 7.81. The van der Waals surface area contributed by atoms with Crippen molar-refractivity contribution >= 4 is 9.84 Å². The first-order valence-electron chi connectivity index (χ1n) is 6.17. The Morgan fingerprint density at radius 2 is 2.05 bits per heavy atom. The Labute approximate surface area is 117 Å². The number of sulfone groups is 1. The molecule has 0 aliphatic heterocycles. The van der Waals surface area contributed by atoms with Crippen molar-refractivity contribution in [3.8, 4) is 0 Å². The lowest BCUT2D eigenvalue weighted by molar-refractivity contribution is 0.319. The van der Waals surface area contributed by atoms with Crippen molar-refractivity contribution in [2.24, 2.45) is 0 Å². The van der Waals surface area contributed by atoms with Gasteiger partial charge in [-0.2, -0.15) is 4.98 Å². The van der Waals surface area contributed by atoms with Crippen LogP contribution in [0.4, 0.5) is 0 Å². The van der Waals surface area contributed by atoms with Gasteiger partial charge in [-0.3, -0.25) is 0 Å². The first-order valence-corrected chi connectivity index (χ1v) is 7.99. The molecule has 1 aromatic heterocycles. The maximum Gasteiger partial charge on any atom is 0.231 e. The molecule has 2 rings (SSSR count). The molecule has 0 atom stereocenters. The van der Waals surface area contributed by atoms with Gasteiger partial charge in [0.2, 0.25) is 5.89 Å². The summed E-state index contributed by atoms with van der Waals surface area (Å²) in [4.78, 5) is 4.08. The van der Waals surface area contributed by atoms with Crippen molar-refractivity contribution in [3.63, 3.8) is 0 Å². The highest BCUT2D eigenvalue weighted by Crippen LogP contribution is 2.13. The molecule has 7 heteroatoms. The number of aryl methyl sites for hydroxylation is 1. The molecule has 6 nitrogen and oxygen atoms in total. The van der Waals surface area contributed by atoms with Crippen LogP contribution in [0.3, 0.4) is 0 Å². The van der Waals surface area contributed by atoms with Crippen LogP contribution in [0.1, 0.15) is 22.8 Å². The summed E-state index contributed by atoms with van der Waals surface area (Å²) in [6.07, 6.45) is 0.472. The smallest absolute Gasteiger partial charge is 0.231 e. The van der Waals surface area contributed by atoms with Crippen molar-refractivity contribution in [2.45, 2.75) is 19.1 Å². The Morgan fingerprint density at radius 3 is 2.75 bits per heavy atom. The van der Waals surface area contributed by atoms with E-state index in [0.717, 1.165) is 11.1 Å². The molecule has 1 aromatic carbocycles. The van der Waals surface area contributed by atoms with Gasteiger partial charge in [-0.25, -0.2) is 8.42 Å². The molecule has 0 radical (unpaired) electrons.